The van der Waals surface area contributed by atoms with Crippen molar-refractivity contribution in [1.29, 1.82) is 0 Å². The molecule has 0 spiro atoms. The molecule has 0 aliphatic carbocycles. The standard InChI is InChI=1S/C9H19N/c1-7(2)8-5-10-6-9(8,3)4/h7-8,10H,5-6H2,1-4H3/t8-/m0/s1. The minimum Gasteiger partial charge on any atom is -0.316 e. The van der Waals surface area contributed by atoms with Gasteiger partial charge in [-0.25, -0.2) is 0 Å². The minimum atomic E-state index is 0.522. The molecule has 0 saturated carbocycles. The van der Waals surface area contributed by atoms with Crippen molar-refractivity contribution in [3.8, 4) is 0 Å². The fourth-order valence-electron chi connectivity index (χ4n) is 2.10. The van der Waals surface area contributed by atoms with Crippen molar-refractivity contribution in [1.82, 2.24) is 5.32 Å². The molecule has 0 radical (unpaired) electrons. The van der Waals surface area contributed by atoms with Gasteiger partial charge in [0.1, 0.15) is 0 Å². The zero-order valence-electron chi connectivity index (χ0n) is 7.57. The van der Waals surface area contributed by atoms with Gasteiger partial charge in [-0.05, 0) is 23.8 Å². The molecule has 0 amide bonds. The SMILES string of the molecule is CC(C)[C@@H]1CNCC1(C)C. The van der Waals surface area contributed by atoms with Crippen molar-refractivity contribution >= 4 is 0 Å². The van der Waals surface area contributed by atoms with Crippen molar-refractivity contribution in [2.24, 2.45) is 17.3 Å². The number of nitrogens with one attached hydrogen (secondary N) is 1. The summed E-state index contributed by atoms with van der Waals surface area (Å²) in [6.45, 7) is 11.8. The highest BCUT2D eigenvalue weighted by Gasteiger charge is 2.35. The molecule has 0 bridgehead atoms. The molecule has 0 aromatic carbocycles. The van der Waals surface area contributed by atoms with Crippen LogP contribution in [0.1, 0.15) is 27.7 Å². The second-order valence-electron chi connectivity index (χ2n) is 4.47. The van der Waals surface area contributed by atoms with Gasteiger partial charge in [-0.1, -0.05) is 27.7 Å². The lowest BCUT2D eigenvalue weighted by molar-refractivity contribution is 0.224. The fourth-order valence-corrected chi connectivity index (χ4v) is 2.10. The summed E-state index contributed by atoms with van der Waals surface area (Å²) in [4.78, 5) is 0. The van der Waals surface area contributed by atoms with E-state index in [1.807, 2.05) is 0 Å². The van der Waals surface area contributed by atoms with Gasteiger partial charge in [-0.2, -0.15) is 0 Å². The summed E-state index contributed by atoms with van der Waals surface area (Å²) in [5.74, 6) is 1.69. The first-order chi connectivity index (χ1) is 4.54. The normalized spacial score (nSPS) is 31.5. The molecule has 1 saturated heterocycles. The van der Waals surface area contributed by atoms with E-state index in [-0.39, 0.29) is 0 Å². The third kappa shape index (κ3) is 1.34. The Kier molecular flexibility index (Phi) is 2.04. The third-order valence-corrected chi connectivity index (χ3v) is 2.75. The molecule has 0 unspecified atom stereocenters. The summed E-state index contributed by atoms with van der Waals surface area (Å²) in [7, 11) is 0. The maximum atomic E-state index is 3.44. The van der Waals surface area contributed by atoms with Gasteiger partial charge < -0.3 is 5.32 Å². The number of hydrogen-bond donors (Lipinski definition) is 1. The van der Waals surface area contributed by atoms with Crippen LogP contribution in [0.15, 0.2) is 0 Å². The lowest BCUT2D eigenvalue weighted by atomic mass is 9.76. The third-order valence-electron chi connectivity index (χ3n) is 2.75. The fraction of sp³-hybridized carbons (Fsp3) is 1.00. The molecule has 0 aromatic heterocycles. The average molecular weight is 141 g/mol. The molecule has 0 aromatic rings. The summed E-state index contributed by atoms with van der Waals surface area (Å²) in [6.07, 6.45) is 0. The molecule has 10 heavy (non-hydrogen) atoms. The Morgan fingerprint density at radius 3 is 2.20 bits per heavy atom. The predicted molar refractivity (Wildman–Crippen MR) is 45.0 cm³/mol. The topological polar surface area (TPSA) is 12.0 Å². The van der Waals surface area contributed by atoms with E-state index in [1.165, 1.54) is 13.1 Å². The van der Waals surface area contributed by atoms with E-state index < -0.39 is 0 Å². The van der Waals surface area contributed by atoms with Crippen LogP contribution in [0.5, 0.6) is 0 Å². The quantitative estimate of drug-likeness (QED) is 0.588. The highest BCUT2D eigenvalue weighted by Crippen LogP contribution is 2.35. The highest BCUT2D eigenvalue weighted by molar-refractivity contribution is 4.89. The van der Waals surface area contributed by atoms with Crippen LogP contribution in [-0.2, 0) is 0 Å². The van der Waals surface area contributed by atoms with Crippen LogP contribution >= 0.6 is 0 Å². The van der Waals surface area contributed by atoms with Gasteiger partial charge in [-0.3, -0.25) is 0 Å². The van der Waals surface area contributed by atoms with Gasteiger partial charge in [-0.15, -0.1) is 0 Å². The Balaban J connectivity index is 2.59. The van der Waals surface area contributed by atoms with E-state index >= 15 is 0 Å². The average Bonchev–Trinajstić information content (AvgIpc) is 2.08. The van der Waals surface area contributed by atoms with Crippen molar-refractivity contribution < 1.29 is 0 Å². The second-order valence-corrected chi connectivity index (χ2v) is 4.47. The molecule has 1 rings (SSSR count). The van der Waals surface area contributed by atoms with E-state index in [2.05, 4.69) is 33.0 Å². The van der Waals surface area contributed by atoms with Crippen LogP contribution in [0.3, 0.4) is 0 Å². The monoisotopic (exact) mass is 141 g/mol. The van der Waals surface area contributed by atoms with Gasteiger partial charge in [0.25, 0.3) is 0 Å². The number of hydrogen-bond acceptors (Lipinski definition) is 1. The first kappa shape index (κ1) is 8.06. The smallest absolute Gasteiger partial charge is 0.000587 e. The van der Waals surface area contributed by atoms with Gasteiger partial charge in [0, 0.05) is 6.54 Å². The van der Waals surface area contributed by atoms with Crippen LogP contribution in [0.25, 0.3) is 0 Å². The molecule has 60 valence electrons. The molecule has 1 heteroatoms. The Morgan fingerprint density at radius 1 is 1.40 bits per heavy atom. The number of rotatable bonds is 1. The first-order valence-corrected chi connectivity index (χ1v) is 4.25. The molecule has 1 aliphatic heterocycles. The van der Waals surface area contributed by atoms with E-state index in [1.54, 1.807) is 0 Å². The van der Waals surface area contributed by atoms with Gasteiger partial charge in [0.2, 0.25) is 0 Å². The summed E-state index contributed by atoms with van der Waals surface area (Å²) in [6, 6.07) is 0. The van der Waals surface area contributed by atoms with Crippen LogP contribution in [0, 0.1) is 17.3 Å². The molecular weight excluding hydrogens is 122 g/mol. The molecule has 1 aliphatic rings. The first-order valence-electron chi connectivity index (χ1n) is 4.25. The lowest BCUT2D eigenvalue weighted by Gasteiger charge is -2.28. The van der Waals surface area contributed by atoms with E-state index in [4.69, 9.17) is 0 Å². The molecule has 1 atom stereocenters. The summed E-state index contributed by atoms with van der Waals surface area (Å²) in [5.41, 5.74) is 0.522. The molecule has 1 N–H and O–H groups in total. The van der Waals surface area contributed by atoms with Crippen LogP contribution in [-0.4, -0.2) is 13.1 Å². The lowest BCUT2D eigenvalue weighted by Crippen LogP contribution is -2.26. The van der Waals surface area contributed by atoms with E-state index in [0.717, 1.165) is 11.8 Å². The van der Waals surface area contributed by atoms with E-state index in [0.29, 0.717) is 5.41 Å². The van der Waals surface area contributed by atoms with Crippen molar-refractivity contribution in [2.75, 3.05) is 13.1 Å². The zero-order valence-corrected chi connectivity index (χ0v) is 7.57. The van der Waals surface area contributed by atoms with Gasteiger partial charge in [0.15, 0.2) is 0 Å². The maximum absolute atomic E-state index is 3.44. The second kappa shape index (κ2) is 2.54. The van der Waals surface area contributed by atoms with Gasteiger partial charge in [0.05, 0.1) is 0 Å². The van der Waals surface area contributed by atoms with Crippen LogP contribution in [0.2, 0.25) is 0 Å². The summed E-state index contributed by atoms with van der Waals surface area (Å²) < 4.78 is 0. The minimum absolute atomic E-state index is 0.522. The maximum Gasteiger partial charge on any atom is 0.000587 e. The van der Waals surface area contributed by atoms with Crippen LogP contribution in [0.4, 0.5) is 0 Å². The molecule has 1 fully saturated rings. The Bertz CT molecular complexity index is 116. The highest BCUT2D eigenvalue weighted by atomic mass is 14.9. The van der Waals surface area contributed by atoms with Crippen molar-refractivity contribution in [2.45, 2.75) is 27.7 Å². The Hall–Kier alpha value is -0.0400. The molecule has 1 heterocycles. The summed E-state index contributed by atoms with van der Waals surface area (Å²) in [5, 5.41) is 3.44. The summed E-state index contributed by atoms with van der Waals surface area (Å²) >= 11 is 0. The van der Waals surface area contributed by atoms with Crippen LogP contribution < -0.4 is 5.32 Å². The Morgan fingerprint density at radius 2 is 2.00 bits per heavy atom. The molecular formula is C9H19N. The Labute approximate surface area is 64.2 Å². The largest absolute Gasteiger partial charge is 0.316 e. The van der Waals surface area contributed by atoms with E-state index in [9.17, 15) is 0 Å². The zero-order chi connectivity index (χ0) is 7.78. The van der Waals surface area contributed by atoms with Gasteiger partial charge >= 0.3 is 0 Å². The van der Waals surface area contributed by atoms with Crippen molar-refractivity contribution in [3.63, 3.8) is 0 Å². The van der Waals surface area contributed by atoms with Crippen molar-refractivity contribution in [3.05, 3.63) is 0 Å². The molecule has 1 nitrogen and oxygen atoms in total. The predicted octanol–water partition coefficient (Wildman–Crippen LogP) is 1.89.